The monoisotopic (exact) mass is 458 g/mol. The first-order valence-electron chi connectivity index (χ1n) is 7.10. The Labute approximate surface area is 151 Å². The molecule has 0 spiro atoms. The van der Waals surface area contributed by atoms with E-state index in [2.05, 4.69) is 111 Å². The van der Waals surface area contributed by atoms with E-state index in [4.69, 9.17) is 0 Å². The molecule has 0 amide bonds. The number of hydrogen-bond donors (Lipinski definition) is 0. The SMILES string of the molecule is Brc1c(I)cc(-c2ccc3ccccc3c2)c2ccccc12. The van der Waals surface area contributed by atoms with Crippen molar-refractivity contribution in [1.82, 2.24) is 0 Å². The molecule has 0 N–H and O–H groups in total. The van der Waals surface area contributed by atoms with E-state index >= 15 is 0 Å². The lowest BCUT2D eigenvalue weighted by Gasteiger charge is -2.11. The minimum atomic E-state index is 1.17. The molecular formula is C20H12BrI. The van der Waals surface area contributed by atoms with Crippen molar-refractivity contribution in [2.24, 2.45) is 0 Å². The second-order valence-corrected chi connectivity index (χ2v) is 7.28. The molecule has 22 heavy (non-hydrogen) atoms. The van der Waals surface area contributed by atoms with Crippen molar-refractivity contribution in [3.8, 4) is 11.1 Å². The van der Waals surface area contributed by atoms with Crippen molar-refractivity contribution in [1.29, 1.82) is 0 Å². The summed E-state index contributed by atoms with van der Waals surface area (Å²) in [5.41, 5.74) is 2.55. The summed E-state index contributed by atoms with van der Waals surface area (Å²) in [6.45, 7) is 0. The molecule has 0 unspecified atom stereocenters. The minimum Gasteiger partial charge on any atom is -0.0616 e. The molecule has 0 aliphatic carbocycles. The summed E-state index contributed by atoms with van der Waals surface area (Å²) in [5, 5.41) is 5.10. The third-order valence-corrected chi connectivity index (χ3v) is 6.44. The van der Waals surface area contributed by atoms with Crippen molar-refractivity contribution >= 4 is 60.1 Å². The summed E-state index contributed by atoms with van der Waals surface area (Å²) in [4.78, 5) is 0. The maximum atomic E-state index is 3.72. The van der Waals surface area contributed by atoms with E-state index in [9.17, 15) is 0 Å². The van der Waals surface area contributed by atoms with Gasteiger partial charge in [-0.1, -0.05) is 60.7 Å². The van der Waals surface area contributed by atoms with Crippen LogP contribution in [0.3, 0.4) is 0 Å². The molecule has 0 radical (unpaired) electrons. The lowest BCUT2D eigenvalue weighted by atomic mass is 9.96. The first-order valence-corrected chi connectivity index (χ1v) is 8.97. The van der Waals surface area contributed by atoms with Gasteiger partial charge >= 0.3 is 0 Å². The van der Waals surface area contributed by atoms with Crippen molar-refractivity contribution in [2.45, 2.75) is 0 Å². The number of benzene rings is 4. The highest BCUT2D eigenvalue weighted by Gasteiger charge is 2.10. The molecule has 0 heterocycles. The fourth-order valence-corrected chi connectivity index (χ4v) is 3.96. The van der Waals surface area contributed by atoms with Crippen LogP contribution in [0.25, 0.3) is 32.7 Å². The molecule has 0 aromatic heterocycles. The Morgan fingerprint density at radius 3 is 2.18 bits per heavy atom. The molecule has 106 valence electrons. The van der Waals surface area contributed by atoms with Crippen LogP contribution in [0.4, 0.5) is 0 Å². The van der Waals surface area contributed by atoms with E-state index in [1.54, 1.807) is 0 Å². The number of fused-ring (bicyclic) bond motifs is 2. The van der Waals surface area contributed by atoms with E-state index in [1.807, 2.05) is 0 Å². The fraction of sp³-hybridized carbons (Fsp3) is 0. The predicted molar refractivity (Wildman–Crippen MR) is 107 cm³/mol. The van der Waals surface area contributed by atoms with Crippen LogP contribution < -0.4 is 0 Å². The van der Waals surface area contributed by atoms with E-state index < -0.39 is 0 Å². The second kappa shape index (κ2) is 5.67. The van der Waals surface area contributed by atoms with Crippen molar-refractivity contribution in [3.05, 3.63) is 80.8 Å². The Morgan fingerprint density at radius 2 is 1.36 bits per heavy atom. The summed E-state index contributed by atoms with van der Waals surface area (Å²) >= 11 is 6.12. The first-order chi connectivity index (χ1) is 10.7. The highest BCUT2D eigenvalue weighted by atomic mass is 127. The van der Waals surface area contributed by atoms with Gasteiger partial charge in [0.1, 0.15) is 0 Å². The van der Waals surface area contributed by atoms with Gasteiger partial charge in [0, 0.05) is 8.04 Å². The molecule has 4 aromatic carbocycles. The Bertz CT molecular complexity index is 1000. The summed E-state index contributed by atoms with van der Waals surface area (Å²) < 4.78 is 2.41. The highest BCUT2D eigenvalue weighted by molar-refractivity contribution is 14.1. The summed E-state index contributed by atoms with van der Waals surface area (Å²) in [7, 11) is 0. The topological polar surface area (TPSA) is 0 Å². The van der Waals surface area contributed by atoms with Gasteiger partial charge in [0.15, 0.2) is 0 Å². The van der Waals surface area contributed by atoms with E-state index in [1.165, 1.54) is 40.7 Å². The molecule has 0 aliphatic heterocycles. The number of halogens is 2. The van der Waals surface area contributed by atoms with Crippen LogP contribution in [-0.2, 0) is 0 Å². The molecule has 0 saturated heterocycles. The van der Waals surface area contributed by atoms with Gasteiger partial charge in [-0.15, -0.1) is 0 Å². The third-order valence-electron chi connectivity index (χ3n) is 3.99. The maximum absolute atomic E-state index is 3.72. The van der Waals surface area contributed by atoms with Crippen molar-refractivity contribution in [2.75, 3.05) is 0 Å². The lowest BCUT2D eigenvalue weighted by Crippen LogP contribution is -1.86. The van der Waals surface area contributed by atoms with E-state index in [-0.39, 0.29) is 0 Å². The summed E-state index contributed by atoms with van der Waals surface area (Å²) in [5.74, 6) is 0. The fourth-order valence-electron chi connectivity index (χ4n) is 2.90. The van der Waals surface area contributed by atoms with Crippen LogP contribution in [0.15, 0.2) is 77.3 Å². The molecule has 0 saturated carbocycles. The Kier molecular flexibility index (Phi) is 3.66. The standard InChI is InChI=1S/C20H12BrI/c21-20-17-8-4-3-7-16(17)18(12-19(20)22)15-10-9-13-5-1-2-6-14(13)11-15/h1-12H. The molecule has 2 heteroatoms. The van der Waals surface area contributed by atoms with Crippen molar-refractivity contribution < 1.29 is 0 Å². The van der Waals surface area contributed by atoms with Gasteiger partial charge in [0.2, 0.25) is 0 Å². The van der Waals surface area contributed by atoms with Crippen molar-refractivity contribution in [3.63, 3.8) is 0 Å². The van der Waals surface area contributed by atoms with E-state index in [0.717, 1.165) is 0 Å². The molecule has 0 atom stereocenters. The zero-order chi connectivity index (χ0) is 15.1. The van der Waals surface area contributed by atoms with Gasteiger partial charge in [-0.25, -0.2) is 0 Å². The van der Waals surface area contributed by atoms with Crippen LogP contribution in [0.2, 0.25) is 0 Å². The zero-order valence-electron chi connectivity index (χ0n) is 11.7. The molecule has 4 aromatic rings. The van der Waals surface area contributed by atoms with Crippen LogP contribution in [0.5, 0.6) is 0 Å². The normalized spacial score (nSPS) is 11.2. The summed E-state index contributed by atoms with van der Waals surface area (Å²) in [6.07, 6.45) is 0. The van der Waals surface area contributed by atoms with Crippen LogP contribution in [-0.4, -0.2) is 0 Å². The van der Waals surface area contributed by atoms with Gasteiger partial charge < -0.3 is 0 Å². The van der Waals surface area contributed by atoms with Gasteiger partial charge in [-0.3, -0.25) is 0 Å². The molecule has 0 bridgehead atoms. The lowest BCUT2D eigenvalue weighted by molar-refractivity contribution is 1.62. The van der Waals surface area contributed by atoms with Gasteiger partial charge in [-0.2, -0.15) is 0 Å². The Hall–Kier alpha value is -1.39. The largest absolute Gasteiger partial charge is 0.0616 e. The average Bonchev–Trinajstić information content (AvgIpc) is 2.58. The Morgan fingerprint density at radius 1 is 0.682 bits per heavy atom. The molecule has 4 rings (SSSR count). The number of hydrogen-bond acceptors (Lipinski definition) is 0. The minimum absolute atomic E-state index is 1.17. The average molecular weight is 459 g/mol. The van der Waals surface area contributed by atoms with E-state index in [0.29, 0.717) is 0 Å². The molecule has 0 aliphatic rings. The van der Waals surface area contributed by atoms with Crippen LogP contribution in [0.1, 0.15) is 0 Å². The summed E-state index contributed by atoms with van der Waals surface area (Å²) in [6, 6.07) is 26.0. The highest BCUT2D eigenvalue weighted by Crippen LogP contribution is 2.37. The maximum Gasteiger partial charge on any atom is 0.0387 e. The number of rotatable bonds is 1. The quantitative estimate of drug-likeness (QED) is 0.268. The third kappa shape index (κ3) is 2.34. The Balaban J connectivity index is 2.05. The van der Waals surface area contributed by atoms with Gasteiger partial charge in [-0.05, 0) is 83.3 Å². The molecule has 0 nitrogen and oxygen atoms in total. The van der Waals surface area contributed by atoms with Gasteiger partial charge in [0.05, 0.1) is 0 Å². The predicted octanol–water partition coefficient (Wildman–Crippen LogP) is 7.03. The first kappa shape index (κ1) is 14.2. The van der Waals surface area contributed by atoms with Crippen LogP contribution in [0, 0.1) is 3.57 Å². The van der Waals surface area contributed by atoms with Gasteiger partial charge in [0.25, 0.3) is 0 Å². The zero-order valence-corrected chi connectivity index (χ0v) is 15.4. The molecule has 0 fully saturated rings. The molecular weight excluding hydrogens is 447 g/mol. The smallest absolute Gasteiger partial charge is 0.0387 e. The second-order valence-electron chi connectivity index (χ2n) is 5.33. The van der Waals surface area contributed by atoms with Crippen LogP contribution >= 0.6 is 38.5 Å².